The molecule has 0 aliphatic heterocycles. The topological polar surface area (TPSA) is 68.1 Å². The van der Waals surface area contributed by atoms with Crippen LogP contribution in [0.1, 0.15) is 31.7 Å². The summed E-state index contributed by atoms with van der Waals surface area (Å²) in [7, 11) is 0. The molecule has 0 amide bonds. The molecule has 2 rings (SSSR count). The van der Waals surface area contributed by atoms with Crippen LogP contribution >= 0.6 is 0 Å². The summed E-state index contributed by atoms with van der Waals surface area (Å²) in [5, 5.41) is 14.1. The van der Waals surface area contributed by atoms with Crippen LogP contribution in [-0.4, -0.2) is 16.5 Å². The summed E-state index contributed by atoms with van der Waals surface area (Å²) in [6, 6.07) is 1.52. The Balaban J connectivity index is 2.01. The molecule has 0 spiro atoms. The van der Waals surface area contributed by atoms with Crippen molar-refractivity contribution in [1.82, 2.24) is 4.98 Å². The van der Waals surface area contributed by atoms with Crippen molar-refractivity contribution in [3.8, 4) is 0 Å². The van der Waals surface area contributed by atoms with Crippen LogP contribution in [0.3, 0.4) is 0 Å². The quantitative estimate of drug-likeness (QED) is 0.657. The maximum atomic E-state index is 10.8. The molecule has 1 fully saturated rings. The zero-order valence-corrected chi connectivity index (χ0v) is 10.8. The Morgan fingerprint density at radius 3 is 2.94 bits per heavy atom. The second kappa shape index (κ2) is 5.33. The van der Waals surface area contributed by atoms with Gasteiger partial charge >= 0.3 is 0 Å². The van der Waals surface area contributed by atoms with Gasteiger partial charge in [0.1, 0.15) is 5.82 Å². The molecule has 1 aliphatic rings. The van der Waals surface area contributed by atoms with Crippen molar-refractivity contribution in [2.75, 3.05) is 11.9 Å². The molecular formula is C13H19N3O2. The van der Waals surface area contributed by atoms with Crippen molar-refractivity contribution in [2.24, 2.45) is 11.8 Å². The molecule has 2 unspecified atom stereocenters. The van der Waals surface area contributed by atoms with Crippen LogP contribution in [0, 0.1) is 28.9 Å². The molecular weight excluding hydrogens is 230 g/mol. The number of anilines is 1. The summed E-state index contributed by atoms with van der Waals surface area (Å²) in [6.07, 6.45) is 5.36. The van der Waals surface area contributed by atoms with Crippen LogP contribution in [0.5, 0.6) is 0 Å². The van der Waals surface area contributed by atoms with Gasteiger partial charge in [0.2, 0.25) is 0 Å². The van der Waals surface area contributed by atoms with Gasteiger partial charge in [0, 0.05) is 18.3 Å². The highest BCUT2D eigenvalue weighted by molar-refractivity contribution is 5.48. The van der Waals surface area contributed by atoms with E-state index in [9.17, 15) is 10.1 Å². The van der Waals surface area contributed by atoms with E-state index in [2.05, 4.69) is 17.2 Å². The van der Waals surface area contributed by atoms with Gasteiger partial charge in [0.15, 0.2) is 0 Å². The molecule has 1 aromatic rings. The van der Waals surface area contributed by atoms with E-state index in [-0.39, 0.29) is 10.6 Å². The Labute approximate surface area is 107 Å². The van der Waals surface area contributed by atoms with Crippen LogP contribution in [0.25, 0.3) is 0 Å². The predicted molar refractivity (Wildman–Crippen MR) is 70.6 cm³/mol. The summed E-state index contributed by atoms with van der Waals surface area (Å²) in [6.45, 7) is 4.83. The molecule has 2 atom stereocenters. The maximum absolute atomic E-state index is 10.8. The highest BCUT2D eigenvalue weighted by atomic mass is 16.6. The normalized spacial score (nSPS) is 23.0. The van der Waals surface area contributed by atoms with E-state index in [1.54, 1.807) is 13.1 Å². The standard InChI is InChI=1S/C13H19N3O2/c1-9-4-3-5-11(9)8-15-13-6-12(16(17)18)10(2)7-14-13/h6-7,9,11H,3-5,8H2,1-2H3,(H,14,15). The lowest BCUT2D eigenvalue weighted by Crippen LogP contribution is -2.17. The van der Waals surface area contributed by atoms with Crippen molar-refractivity contribution in [2.45, 2.75) is 33.1 Å². The third-order valence-corrected chi connectivity index (χ3v) is 3.86. The van der Waals surface area contributed by atoms with Crippen LogP contribution in [0.2, 0.25) is 0 Å². The number of rotatable bonds is 4. The lowest BCUT2D eigenvalue weighted by Gasteiger charge is -2.16. The van der Waals surface area contributed by atoms with E-state index in [0.29, 0.717) is 17.3 Å². The van der Waals surface area contributed by atoms with Crippen molar-refractivity contribution in [1.29, 1.82) is 0 Å². The Hall–Kier alpha value is -1.65. The first-order chi connectivity index (χ1) is 8.58. The lowest BCUT2D eigenvalue weighted by molar-refractivity contribution is -0.385. The first kappa shape index (κ1) is 12.8. The highest BCUT2D eigenvalue weighted by Gasteiger charge is 2.23. The van der Waals surface area contributed by atoms with Crippen molar-refractivity contribution >= 4 is 11.5 Å². The predicted octanol–water partition coefficient (Wildman–Crippen LogP) is 3.15. The van der Waals surface area contributed by atoms with Gasteiger partial charge in [0.25, 0.3) is 5.69 Å². The summed E-state index contributed by atoms with van der Waals surface area (Å²) in [5.41, 5.74) is 0.728. The van der Waals surface area contributed by atoms with Crippen LogP contribution in [0.15, 0.2) is 12.3 Å². The third-order valence-electron chi connectivity index (χ3n) is 3.86. The van der Waals surface area contributed by atoms with Gasteiger partial charge in [-0.25, -0.2) is 4.98 Å². The fourth-order valence-electron chi connectivity index (χ4n) is 2.57. The Morgan fingerprint density at radius 1 is 1.56 bits per heavy atom. The molecule has 5 heteroatoms. The minimum Gasteiger partial charge on any atom is -0.370 e. The van der Waals surface area contributed by atoms with E-state index in [0.717, 1.165) is 12.5 Å². The molecule has 0 saturated heterocycles. The number of hydrogen-bond acceptors (Lipinski definition) is 4. The molecule has 0 bridgehead atoms. The highest BCUT2D eigenvalue weighted by Crippen LogP contribution is 2.31. The first-order valence-corrected chi connectivity index (χ1v) is 6.43. The zero-order valence-electron chi connectivity index (χ0n) is 10.8. The van der Waals surface area contributed by atoms with Gasteiger partial charge in [-0.15, -0.1) is 0 Å². The van der Waals surface area contributed by atoms with E-state index in [1.807, 2.05) is 0 Å². The van der Waals surface area contributed by atoms with Gasteiger partial charge < -0.3 is 5.32 Å². The smallest absolute Gasteiger partial charge is 0.277 e. The largest absolute Gasteiger partial charge is 0.370 e. The number of nitro groups is 1. The molecule has 1 saturated carbocycles. The summed E-state index contributed by atoms with van der Waals surface area (Å²) >= 11 is 0. The van der Waals surface area contributed by atoms with Gasteiger partial charge in [-0.3, -0.25) is 10.1 Å². The fourth-order valence-corrected chi connectivity index (χ4v) is 2.57. The summed E-state index contributed by atoms with van der Waals surface area (Å²) < 4.78 is 0. The Kier molecular flexibility index (Phi) is 3.79. The van der Waals surface area contributed by atoms with Gasteiger partial charge in [-0.2, -0.15) is 0 Å². The van der Waals surface area contributed by atoms with Crippen molar-refractivity contribution in [3.05, 3.63) is 27.9 Å². The molecule has 5 nitrogen and oxygen atoms in total. The monoisotopic (exact) mass is 249 g/mol. The molecule has 0 radical (unpaired) electrons. The zero-order chi connectivity index (χ0) is 13.1. The molecule has 1 aliphatic carbocycles. The minimum absolute atomic E-state index is 0.131. The summed E-state index contributed by atoms with van der Waals surface area (Å²) in [5.74, 6) is 2.00. The molecule has 1 N–H and O–H groups in total. The number of aromatic nitrogens is 1. The average molecular weight is 249 g/mol. The number of nitrogens with zero attached hydrogens (tertiary/aromatic N) is 2. The number of pyridine rings is 1. The number of hydrogen-bond donors (Lipinski definition) is 1. The first-order valence-electron chi connectivity index (χ1n) is 6.43. The average Bonchev–Trinajstić information content (AvgIpc) is 2.73. The molecule has 1 aromatic heterocycles. The number of aryl methyl sites for hydroxylation is 1. The molecule has 18 heavy (non-hydrogen) atoms. The van der Waals surface area contributed by atoms with Crippen molar-refractivity contribution < 1.29 is 4.92 Å². The Morgan fingerprint density at radius 2 is 2.33 bits per heavy atom. The van der Waals surface area contributed by atoms with Crippen molar-refractivity contribution in [3.63, 3.8) is 0 Å². The second-order valence-electron chi connectivity index (χ2n) is 5.16. The van der Waals surface area contributed by atoms with Crippen LogP contribution in [-0.2, 0) is 0 Å². The maximum Gasteiger partial charge on any atom is 0.277 e. The van der Waals surface area contributed by atoms with E-state index in [1.165, 1.54) is 25.3 Å². The Bertz CT molecular complexity index is 448. The minimum atomic E-state index is -0.361. The van der Waals surface area contributed by atoms with E-state index >= 15 is 0 Å². The SMILES string of the molecule is Cc1cnc(NCC2CCCC2C)cc1[N+](=O)[O-]. The lowest BCUT2D eigenvalue weighted by atomic mass is 9.98. The third kappa shape index (κ3) is 2.78. The van der Waals surface area contributed by atoms with Crippen LogP contribution in [0.4, 0.5) is 11.5 Å². The van der Waals surface area contributed by atoms with Gasteiger partial charge in [0.05, 0.1) is 11.0 Å². The van der Waals surface area contributed by atoms with Crippen LogP contribution < -0.4 is 5.32 Å². The summed E-state index contributed by atoms with van der Waals surface area (Å²) in [4.78, 5) is 14.7. The van der Waals surface area contributed by atoms with Gasteiger partial charge in [-0.1, -0.05) is 19.8 Å². The molecule has 98 valence electrons. The van der Waals surface area contributed by atoms with E-state index < -0.39 is 0 Å². The second-order valence-corrected chi connectivity index (χ2v) is 5.16. The van der Waals surface area contributed by atoms with E-state index in [4.69, 9.17) is 0 Å². The molecule has 0 aromatic carbocycles. The number of nitrogens with one attached hydrogen (secondary N) is 1. The molecule has 1 heterocycles. The van der Waals surface area contributed by atoms with Gasteiger partial charge in [-0.05, 0) is 25.2 Å². The fraction of sp³-hybridized carbons (Fsp3) is 0.615.